The van der Waals surface area contributed by atoms with Gasteiger partial charge in [0.15, 0.2) is 0 Å². The fourth-order valence-electron chi connectivity index (χ4n) is 3.80. The van der Waals surface area contributed by atoms with Crippen molar-refractivity contribution in [1.29, 1.82) is 0 Å². The zero-order chi connectivity index (χ0) is 20.9. The Bertz CT molecular complexity index is 1110. The van der Waals surface area contributed by atoms with Crippen LogP contribution in [0.5, 0.6) is 0 Å². The summed E-state index contributed by atoms with van der Waals surface area (Å²) in [5.41, 5.74) is 1.86. The third-order valence-corrected chi connectivity index (χ3v) is 6.55. The van der Waals surface area contributed by atoms with Gasteiger partial charge >= 0.3 is 0 Å². The SMILES string of the molecule is O=C(CCn1cnc2sc3c(c2c1=O)CCCC3)NCCCNc1cccc(F)c1. The van der Waals surface area contributed by atoms with Crippen LogP contribution in [0.2, 0.25) is 0 Å². The number of hydrogen-bond donors (Lipinski definition) is 2. The molecule has 6 nitrogen and oxygen atoms in total. The molecule has 1 amide bonds. The van der Waals surface area contributed by atoms with Crippen LogP contribution in [0.1, 0.15) is 36.1 Å². The van der Waals surface area contributed by atoms with Crippen molar-refractivity contribution in [3.05, 3.63) is 57.2 Å². The molecule has 0 saturated carbocycles. The Labute approximate surface area is 178 Å². The Morgan fingerprint density at radius 1 is 1.23 bits per heavy atom. The number of nitrogens with zero attached hydrogens (tertiary/aromatic N) is 2. The molecule has 0 atom stereocenters. The predicted octanol–water partition coefficient (Wildman–Crippen LogP) is 3.48. The maximum absolute atomic E-state index is 13.1. The van der Waals surface area contributed by atoms with Crippen molar-refractivity contribution in [2.45, 2.75) is 45.1 Å². The van der Waals surface area contributed by atoms with Gasteiger partial charge in [-0.2, -0.15) is 0 Å². The molecular weight excluding hydrogens is 403 g/mol. The van der Waals surface area contributed by atoms with E-state index < -0.39 is 0 Å². The molecule has 0 bridgehead atoms. The van der Waals surface area contributed by atoms with E-state index in [1.165, 1.54) is 29.0 Å². The number of benzene rings is 1. The first-order valence-corrected chi connectivity index (χ1v) is 11.2. The summed E-state index contributed by atoms with van der Waals surface area (Å²) in [6.07, 6.45) is 6.78. The normalized spacial score (nSPS) is 13.2. The molecule has 3 aromatic rings. The summed E-state index contributed by atoms with van der Waals surface area (Å²) < 4.78 is 14.7. The summed E-state index contributed by atoms with van der Waals surface area (Å²) in [5, 5.41) is 6.74. The van der Waals surface area contributed by atoms with Gasteiger partial charge in [0.2, 0.25) is 5.91 Å². The zero-order valence-electron chi connectivity index (χ0n) is 16.7. The first kappa shape index (κ1) is 20.5. The quantitative estimate of drug-likeness (QED) is 0.539. The smallest absolute Gasteiger partial charge is 0.262 e. The van der Waals surface area contributed by atoms with Crippen molar-refractivity contribution >= 4 is 33.1 Å². The van der Waals surface area contributed by atoms with Gasteiger partial charge in [0, 0.05) is 36.6 Å². The summed E-state index contributed by atoms with van der Waals surface area (Å²) in [6.45, 7) is 1.47. The van der Waals surface area contributed by atoms with Crippen molar-refractivity contribution in [2.24, 2.45) is 0 Å². The van der Waals surface area contributed by atoms with Crippen LogP contribution in [0.15, 0.2) is 35.4 Å². The Morgan fingerprint density at radius 2 is 2.10 bits per heavy atom. The van der Waals surface area contributed by atoms with Crippen LogP contribution in [-0.4, -0.2) is 28.5 Å². The lowest BCUT2D eigenvalue weighted by Gasteiger charge is -2.11. The van der Waals surface area contributed by atoms with E-state index in [4.69, 9.17) is 0 Å². The molecule has 1 aromatic carbocycles. The third kappa shape index (κ3) is 4.70. The summed E-state index contributed by atoms with van der Waals surface area (Å²) >= 11 is 1.63. The molecule has 0 radical (unpaired) electrons. The molecule has 1 aliphatic carbocycles. The van der Waals surface area contributed by atoms with Crippen LogP contribution in [0.3, 0.4) is 0 Å². The summed E-state index contributed by atoms with van der Waals surface area (Å²) in [4.78, 5) is 31.6. The maximum Gasteiger partial charge on any atom is 0.262 e. The largest absolute Gasteiger partial charge is 0.385 e. The number of aromatic nitrogens is 2. The highest BCUT2D eigenvalue weighted by Gasteiger charge is 2.20. The van der Waals surface area contributed by atoms with Crippen LogP contribution in [0.25, 0.3) is 10.2 Å². The molecule has 0 aliphatic heterocycles. The Hall–Kier alpha value is -2.74. The van der Waals surface area contributed by atoms with E-state index in [-0.39, 0.29) is 23.7 Å². The highest BCUT2D eigenvalue weighted by atomic mass is 32.1. The molecule has 0 spiro atoms. The summed E-state index contributed by atoms with van der Waals surface area (Å²) in [6, 6.07) is 6.29. The number of hydrogen-bond acceptors (Lipinski definition) is 5. The summed E-state index contributed by atoms with van der Waals surface area (Å²) in [7, 11) is 0. The molecule has 0 fully saturated rings. The minimum Gasteiger partial charge on any atom is -0.385 e. The Kier molecular flexibility index (Phi) is 6.42. The average Bonchev–Trinajstić information content (AvgIpc) is 3.12. The number of carbonyl (C=O) groups excluding carboxylic acids is 1. The first-order chi connectivity index (χ1) is 14.6. The molecule has 0 unspecified atom stereocenters. The van der Waals surface area contributed by atoms with Crippen molar-refractivity contribution in [1.82, 2.24) is 14.9 Å². The van der Waals surface area contributed by atoms with Gasteiger partial charge < -0.3 is 10.6 Å². The van der Waals surface area contributed by atoms with Gasteiger partial charge in [-0.3, -0.25) is 14.2 Å². The Morgan fingerprint density at radius 3 is 2.97 bits per heavy atom. The van der Waals surface area contributed by atoms with Gasteiger partial charge in [0.05, 0.1) is 11.7 Å². The number of anilines is 1. The number of thiophene rings is 1. The highest BCUT2D eigenvalue weighted by Crippen LogP contribution is 2.33. The molecule has 158 valence electrons. The second-order valence-corrected chi connectivity index (χ2v) is 8.61. The molecular formula is C22H25FN4O2S. The zero-order valence-corrected chi connectivity index (χ0v) is 17.6. The lowest BCUT2D eigenvalue weighted by molar-refractivity contribution is -0.121. The number of nitrogens with one attached hydrogen (secondary N) is 2. The summed E-state index contributed by atoms with van der Waals surface area (Å²) in [5.74, 6) is -0.376. The molecule has 4 rings (SSSR count). The number of amides is 1. The van der Waals surface area contributed by atoms with E-state index in [1.807, 2.05) is 0 Å². The van der Waals surface area contributed by atoms with Gasteiger partial charge in [-0.05, 0) is 55.9 Å². The predicted molar refractivity (Wildman–Crippen MR) is 118 cm³/mol. The van der Waals surface area contributed by atoms with Crippen molar-refractivity contribution in [3.8, 4) is 0 Å². The van der Waals surface area contributed by atoms with Crippen molar-refractivity contribution in [3.63, 3.8) is 0 Å². The van der Waals surface area contributed by atoms with E-state index in [1.54, 1.807) is 34.4 Å². The number of rotatable bonds is 8. The average molecular weight is 429 g/mol. The van der Waals surface area contributed by atoms with Crippen LogP contribution < -0.4 is 16.2 Å². The Balaban J connectivity index is 1.25. The van der Waals surface area contributed by atoms with Crippen LogP contribution in [-0.2, 0) is 24.2 Å². The van der Waals surface area contributed by atoms with Gasteiger partial charge in [-0.15, -0.1) is 11.3 Å². The first-order valence-electron chi connectivity index (χ1n) is 10.4. The van der Waals surface area contributed by atoms with E-state index in [0.717, 1.165) is 41.6 Å². The third-order valence-electron chi connectivity index (χ3n) is 5.35. The molecule has 0 saturated heterocycles. The monoisotopic (exact) mass is 428 g/mol. The second kappa shape index (κ2) is 9.38. The molecule has 30 heavy (non-hydrogen) atoms. The lowest BCUT2D eigenvalue weighted by atomic mass is 9.97. The molecule has 8 heteroatoms. The van der Waals surface area contributed by atoms with Crippen molar-refractivity contribution in [2.75, 3.05) is 18.4 Å². The standard InChI is InChI=1S/C22H25FN4O2S/c23-15-5-3-6-16(13-15)24-10-4-11-25-19(28)9-12-27-14-26-21-20(22(27)29)17-7-1-2-8-18(17)30-21/h3,5-6,13-14,24H,1-2,4,7-12H2,(H,25,28). The lowest BCUT2D eigenvalue weighted by Crippen LogP contribution is -2.29. The van der Waals surface area contributed by atoms with Crippen LogP contribution in [0, 0.1) is 5.82 Å². The fourth-order valence-corrected chi connectivity index (χ4v) is 5.02. The van der Waals surface area contributed by atoms with Gasteiger partial charge in [0.1, 0.15) is 10.6 Å². The molecule has 2 heterocycles. The minimum atomic E-state index is -0.279. The van der Waals surface area contributed by atoms with E-state index >= 15 is 0 Å². The topological polar surface area (TPSA) is 76.0 Å². The van der Waals surface area contributed by atoms with E-state index in [9.17, 15) is 14.0 Å². The number of aryl methyl sites for hydroxylation is 3. The number of fused-ring (bicyclic) bond motifs is 3. The van der Waals surface area contributed by atoms with Gasteiger partial charge in [0.25, 0.3) is 5.56 Å². The van der Waals surface area contributed by atoms with E-state index in [2.05, 4.69) is 15.6 Å². The molecule has 2 aromatic heterocycles. The molecule has 2 N–H and O–H groups in total. The minimum absolute atomic E-state index is 0.0357. The fraction of sp³-hybridized carbons (Fsp3) is 0.409. The maximum atomic E-state index is 13.1. The van der Waals surface area contributed by atoms with Crippen LogP contribution in [0.4, 0.5) is 10.1 Å². The number of halogens is 1. The molecule has 1 aliphatic rings. The van der Waals surface area contributed by atoms with Gasteiger partial charge in [-0.25, -0.2) is 9.37 Å². The van der Waals surface area contributed by atoms with Gasteiger partial charge in [-0.1, -0.05) is 6.07 Å². The van der Waals surface area contributed by atoms with E-state index in [0.29, 0.717) is 19.6 Å². The second-order valence-electron chi connectivity index (χ2n) is 7.52. The number of carbonyl (C=O) groups is 1. The van der Waals surface area contributed by atoms with Crippen molar-refractivity contribution < 1.29 is 9.18 Å². The van der Waals surface area contributed by atoms with Crippen LogP contribution >= 0.6 is 11.3 Å². The highest BCUT2D eigenvalue weighted by molar-refractivity contribution is 7.18.